The van der Waals surface area contributed by atoms with E-state index < -0.39 is 28.8 Å². The molecule has 0 spiro atoms. The maximum absolute atomic E-state index is 14.8. The van der Waals surface area contributed by atoms with Crippen LogP contribution in [0.1, 0.15) is 40.3 Å². The van der Waals surface area contributed by atoms with Gasteiger partial charge in [0.2, 0.25) is 0 Å². The normalized spacial score (nSPS) is 19.3. The molecule has 0 saturated carbocycles. The number of rotatable bonds is 9. The monoisotopic (exact) mass is 580 g/mol. The first-order valence-electron chi connectivity index (χ1n) is 13.1. The van der Waals surface area contributed by atoms with Crippen LogP contribution in [0.3, 0.4) is 0 Å². The first kappa shape index (κ1) is 28.9. The molecule has 214 valence electrons. The van der Waals surface area contributed by atoms with Crippen molar-refractivity contribution in [2.24, 2.45) is 0 Å². The second-order valence-electron chi connectivity index (χ2n) is 9.98. The third-order valence-electron chi connectivity index (χ3n) is 6.96. The molecule has 2 heterocycles. The number of anilines is 1. The minimum absolute atomic E-state index is 0.0311. The van der Waals surface area contributed by atoms with Crippen LogP contribution in [-0.4, -0.2) is 49.5 Å². The van der Waals surface area contributed by atoms with Gasteiger partial charge in [0.05, 0.1) is 25.0 Å². The number of nitrogens with one attached hydrogen (secondary N) is 1. The van der Waals surface area contributed by atoms with Crippen molar-refractivity contribution in [3.05, 3.63) is 113 Å². The molecule has 0 aliphatic carbocycles. The van der Waals surface area contributed by atoms with Gasteiger partial charge in [-0.3, -0.25) is 4.79 Å². The van der Waals surface area contributed by atoms with E-state index in [0.29, 0.717) is 18.8 Å². The molecule has 0 radical (unpaired) electrons. The maximum Gasteiger partial charge on any atom is 0.255 e. The van der Waals surface area contributed by atoms with E-state index in [-0.39, 0.29) is 23.3 Å². The lowest BCUT2D eigenvalue weighted by molar-refractivity contribution is -0.180. The van der Waals surface area contributed by atoms with E-state index in [1.165, 1.54) is 35.2 Å². The van der Waals surface area contributed by atoms with Crippen molar-refractivity contribution < 1.29 is 28.2 Å². The summed E-state index contributed by atoms with van der Waals surface area (Å²) < 4.78 is 41.8. The van der Waals surface area contributed by atoms with Crippen LogP contribution in [0.5, 0.6) is 0 Å². The Morgan fingerprint density at radius 1 is 1.12 bits per heavy atom. The average molecular weight is 581 g/mol. The summed E-state index contributed by atoms with van der Waals surface area (Å²) in [5, 5.41) is 18.0. The van der Waals surface area contributed by atoms with Crippen LogP contribution in [0, 0.1) is 18.6 Å². The summed E-state index contributed by atoms with van der Waals surface area (Å²) in [6, 6.07) is 17.7. The number of aryl methyl sites for hydroxylation is 1. The number of hydrogen-bond acceptors (Lipinski definition) is 7. The number of carbonyl (C=O) groups is 1. The minimum atomic E-state index is -1.72. The van der Waals surface area contributed by atoms with Crippen LogP contribution in [0.2, 0.25) is 0 Å². The van der Waals surface area contributed by atoms with Gasteiger partial charge < -0.3 is 19.9 Å². The molecule has 41 heavy (non-hydrogen) atoms. The fraction of sp³-hybridized carbons (Fsp3) is 0.300. The number of carbonyl (C=O) groups excluding carboxylic acids is 1. The summed E-state index contributed by atoms with van der Waals surface area (Å²) in [6.45, 7) is 4.32. The minimum Gasteiger partial charge on any atom is -0.382 e. The summed E-state index contributed by atoms with van der Waals surface area (Å²) in [7, 11) is 0. The molecule has 1 aromatic heterocycles. The van der Waals surface area contributed by atoms with E-state index >= 15 is 0 Å². The highest BCUT2D eigenvalue weighted by atomic mass is 32.2. The Kier molecular flexibility index (Phi) is 8.79. The molecule has 8 nitrogen and oxygen atoms in total. The number of benzene rings is 3. The quantitative estimate of drug-likeness (QED) is 0.279. The Morgan fingerprint density at radius 3 is 2.46 bits per heavy atom. The molecule has 1 aliphatic rings. The predicted octanol–water partition coefficient (Wildman–Crippen LogP) is 5.24. The molecule has 2 N–H and O–H groups in total. The molecule has 3 aromatic carbocycles. The maximum atomic E-state index is 14.8. The number of aliphatic hydroxyl groups is 1. The zero-order valence-corrected chi connectivity index (χ0v) is 23.4. The highest BCUT2D eigenvalue weighted by molar-refractivity contribution is 8.00. The van der Waals surface area contributed by atoms with E-state index in [4.69, 9.17) is 9.47 Å². The molecule has 0 bridgehead atoms. The van der Waals surface area contributed by atoms with E-state index in [9.17, 15) is 18.7 Å². The van der Waals surface area contributed by atoms with Crippen LogP contribution in [-0.2, 0) is 21.6 Å². The van der Waals surface area contributed by atoms with E-state index in [0.717, 1.165) is 28.9 Å². The molecule has 11 heteroatoms. The summed E-state index contributed by atoms with van der Waals surface area (Å²) in [4.78, 5) is 16.5. The molecule has 1 amide bonds. The van der Waals surface area contributed by atoms with Gasteiger partial charge >= 0.3 is 0 Å². The fourth-order valence-corrected chi connectivity index (χ4v) is 5.94. The number of ether oxygens (including phenoxy) is 2. The number of halogens is 2. The number of nitrogens with zero attached hydrogens (tertiary/aromatic N) is 3. The average Bonchev–Trinajstić information content (AvgIpc) is 3.47. The summed E-state index contributed by atoms with van der Waals surface area (Å²) in [5.74, 6) is -1.78. The van der Waals surface area contributed by atoms with Gasteiger partial charge in [0.1, 0.15) is 29.9 Å². The van der Waals surface area contributed by atoms with Gasteiger partial charge in [-0.25, -0.2) is 18.4 Å². The SMILES string of the molecule is Cc1ccc(NC(=O)c2ccc(C3OCC(SC(C)C(O)(Cn4cncn4)c4ccc(F)cc4F)CO3)cc2)cc1. The molecular weight excluding hydrogens is 550 g/mol. The smallest absolute Gasteiger partial charge is 0.255 e. The molecular formula is C30H30F2N4O4S. The van der Waals surface area contributed by atoms with Gasteiger partial charge in [0.25, 0.3) is 5.91 Å². The fourth-order valence-electron chi connectivity index (χ4n) is 4.62. The number of aromatic nitrogens is 3. The van der Waals surface area contributed by atoms with Crippen LogP contribution in [0.4, 0.5) is 14.5 Å². The lowest BCUT2D eigenvalue weighted by Crippen LogP contribution is -2.43. The Hall–Kier alpha value is -3.64. The lowest BCUT2D eigenvalue weighted by atomic mass is 9.90. The van der Waals surface area contributed by atoms with Gasteiger partial charge in [-0.1, -0.05) is 42.8 Å². The summed E-state index contributed by atoms with van der Waals surface area (Å²) in [6.07, 6.45) is 2.14. The van der Waals surface area contributed by atoms with Crippen molar-refractivity contribution in [1.29, 1.82) is 0 Å². The Morgan fingerprint density at radius 2 is 1.83 bits per heavy atom. The van der Waals surface area contributed by atoms with Gasteiger partial charge in [-0.2, -0.15) is 5.10 Å². The lowest BCUT2D eigenvalue weighted by Gasteiger charge is -2.37. The van der Waals surface area contributed by atoms with Crippen LogP contribution < -0.4 is 5.32 Å². The van der Waals surface area contributed by atoms with E-state index in [1.54, 1.807) is 31.2 Å². The second-order valence-corrected chi connectivity index (χ2v) is 11.6. The molecule has 2 atom stereocenters. The Balaban J connectivity index is 1.20. The number of amides is 1. The standard InChI is InChI=1S/C30H30F2N4O4S/c1-19-3-10-24(11-4-19)35-28(37)21-5-7-22(8-6-21)29-39-14-25(15-40-29)41-20(2)30(38,16-36-18-33-17-34-36)26-12-9-23(31)13-27(26)32/h3-13,17-18,20,25,29,38H,14-16H2,1-2H3,(H,35,37). The van der Waals surface area contributed by atoms with Crippen molar-refractivity contribution in [2.75, 3.05) is 18.5 Å². The van der Waals surface area contributed by atoms with Gasteiger partial charge in [0, 0.05) is 33.7 Å². The zero-order chi connectivity index (χ0) is 29.0. The molecule has 1 fully saturated rings. The summed E-state index contributed by atoms with van der Waals surface area (Å²) in [5.41, 5.74) is 1.35. The Labute approximate surface area is 240 Å². The van der Waals surface area contributed by atoms with Crippen molar-refractivity contribution in [2.45, 2.75) is 42.8 Å². The number of thioether (sulfide) groups is 1. The van der Waals surface area contributed by atoms with Crippen LogP contribution in [0.15, 0.2) is 79.4 Å². The molecule has 4 aromatic rings. The van der Waals surface area contributed by atoms with Gasteiger partial charge in [-0.15, -0.1) is 11.8 Å². The van der Waals surface area contributed by atoms with Gasteiger partial charge in [0.15, 0.2) is 6.29 Å². The van der Waals surface area contributed by atoms with Crippen molar-refractivity contribution in [3.8, 4) is 0 Å². The topological polar surface area (TPSA) is 98.5 Å². The molecule has 1 aliphatic heterocycles. The first-order valence-corrected chi connectivity index (χ1v) is 14.0. The van der Waals surface area contributed by atoms with Crippen molar-refractivity contribution >= 4 is 23.4 Å². The van der Waals surface area contributed by atoms with Crippen molar-refractivity contribution in [1.82, 2.24) is 14.8 Å². The molecule has 5 rings (SSSR count). The van der Waals surface area contributed by atoms with E-state index in [1.807, 2.05) is 31.2 Å². The number of hydrogen-bond donors (Lipinski definition) is 2. The van der Waals surface area contributed by atoms with E-state index in [2.05, 4.69) is 15.4 Å². The third kappa shape index (κ3) is 6.82. The highest BCUT2D eigenvalue weighted by Gasteiger charge is 2.41. The van der Waals surface area contributed by atoms with Crippen molar-refractivity contribution in [3.63, 3.8) is 0 Å². The predicted molar refractivity (Wildman–Crippen MR) is 151 cm³/mol. The van der Waals surface area contributed by atoms with Crippen LogP contribution in [0.25, 0.3) is 0 Å². The Bertz CT molecular complexity index is 1460. The largest absolute Gasteiger partial charge is 0.382 e. The second kappa shape index (κ2) is 12.5. The highest BCUT2D eigenvalue weighted by Crippen LogP contribution is 2.39. The zero-order valence-electron chi connectivity index (χ0n) is 22.5. The molecule has 2 unspecified atom stereocenters. The molecule has 1 saturated heterocycles. The first-order chi connectivity index (χ1) is 19.7. The van der Waals surface area contributed by atoms with Crippen LogP contribution >= 0.6 is 11.8 Å². The summed E-state index contributed by atoms with van der Waals surface area (Å²) >= 11 is 1.39. The van der Waals surface area contributed by atoms with Gasteiger partial charge in [-0.05, 0) is 37.3 Å². The third-order valence-corrected chi connectivity index (χ3v) is 8.41.